The van der Waals surface area contributed by atoms with Crippen molar-refractivity contribution in [2.75, 3.05) is 6.61 Å². The Morgan fingerprint density at radius 2 is 1.95 bits per heavy atom. The van der Waals surface area contributed by atoms with Crippen molar-refractivity contribution in [3.63, 3.8) is 0 Å². The molecule has 110 valence electrons. The molecule has 0 aliphatic carbocycles. The molecule has 0 unspecified atom stereocenters. The maximum Gasteiger partial charge on any atom is 0.345 e. The molecule has 0 saturated heterocycles. The third kappa shape index (κ3) is 4.25. The van der Waals surface area contributed by atoms with Gasteiger partial charge >= 0.3 is 5.97 Å². The Bertz CT molecular complexity index is 517. The molecule has 0 amide bonds. The van der Waals surface area contributed by atoms with E-state index in [0.717, 1.165) is 6.42 Å². The molecule has 1 aromatic rings. The first-order valence-corrected chi connectivity index (χ1v) is 6.13. The number of esters is 1. The van der Waals surface area contributed by atoms with Gasteiger partial charge in [-0.05, 0) is 24.8 Å². The number of carbonyl (C=O) groups excluding carboxylic acids is 1. The number of rotatable bonds is 6. The zero-order chi connectivity index (χ0) is 15.3. The van der Waals surface area contributed by atoms with E-state index in [-0.39, 0.29) is 6.61 Å². The fourth-order valence-electron chi connectivity index (χ4n) is 1.59. The van der Waals surface area contributed by atoms with Gasteiger partial charge in [0.2, 0.25) is 0 Å². The minimum absolute atomic E-state index is 0.0766. The predicted octanol–water partition coefficient (Wildman–Crippen LogP) is 3.47. The molecule has 0 radical (unpaired) electrons. The van der Waals surface area contributed by atoms with Crippen LogP contribution in [0.2, 0.25) is 0 Å². The van der Waals surface area contributed by atoms with Gasteiger partial charge in [-0.25, -0.2) is 13.6 Å². The lowest BCUT2D eigenvalue weighted by atomic mass is 10.1. The topological polar surface area (TPSA) is 69.4 Å². The highest BCUT2D eigenvalue weighted by atomic mass is 19.2. The van der Waals surface area contributed by atoms with Crippen molar-refractivity contribution < 1.29 is 23.2 Å². The van der Waals surface area contributed by atoms with Crippen molar-refractivity contribution in [3.05, 3.63) is 39.4 Å². The van der Waals surface area contributed by atoms with Crippen LogP contribution in [0.5, 0.6) is 0 Å². The third-order valence-electron chi connectivity index (χ3n) is 2.61. The highest BCUT2D eigenvalue weighted by molar-refractivity contribution is 5.93. The van der Waals surface area contributed by atoms with Crippen LogP contribution in [0.4, 0.5) is 14.5 Å². The molecule has 0 bridgehead atoms. The van der Waals surface area contributed by atoms with Crippen LogP contribution in [0.25, 0.3) is 0 Å². The molecule has 0 aromatic heterocycles. The summed E-state index contributed by atoms with van der Waals surface area (Å²) in [5.41, 5.74) is -1.39. The lowest BCUT2D eigenvalue weighted by Gasteiger charge is -2.07. The van der Waals surface area contributed by atoms with E-state index in [9.17, 15) is 23.7 Å². The van der Waals surface area contributed by atoms with Gasteiger partial charge in [-0.1, -0.05) is 13.8 Å². The molecule has 0 atom stereocenters. The molecule has 7 heteroatoms. The van der Waals surface area contributed by atoms with Crippen LogP contribution in [-0.4, -0.2) is 17.5 Å². The predicted molar refractivity (Wildman–Crippen MR) is 67.4 cm³/mol. The number of carbonyl (C=O) groups is 1. The molecular formula is C13H15F2NO4. The summed E-state index contributed by atoms with van der Waals surface area (Å²) in [6, 6.07) is 0.859. The first-order chi connectivity index (χ1) is 9.32. The van der Waals surface area contributed by atoms with Crippen LogP contribution in [0, 0.1) is 27.7 Å². The van der Waals surface area contributed by atoms with Crippen LogP contribution in [0.1, 0.15) is 37.0 Å². The second-order valence-corrected chi connectivity index (χ2v) is 4.71. The second kappa shape index (κ2) is 6.93. The first kappa shape index (κ1) is 16.0. The third-order valence-corrected chi connectivity index (χ3v) is 2.61. The maximum absolute atomic E-state index is 13.1. The van der Waals surface area contributed by atoms with Gasteiger partial charge in [-0.2, -0.15) is 0 Å². The average molecular weight is 287 g/mol. The largest absolute Gasteiger partial charge is 0.462 e. The first-order valence-electron chi connectivity index (χ1n) is 6.13. The minimum atomic E-state index is -1.38. The molecule has 0 fully saturated rings. The van der Waals surface area contributed by atoms with Crippen molar-refractivity contribution in [3.8, 4) is 0 Å². The molecule has 1 aromatic carbocycles. The molecule has 1 rings (SSSR count). The maximum atomic E-state index is 13.1. The number of hydrogen-bond donors (Lipinski definition) is 0. The molecular weight excluding hydrogens is 272 g/mol. The molecule has 20 heavy (non-hydrogen) atoms. The van der Waals surface area contributed by atoms with E-state index in [1.807, 2.05) is 13.8 Å². The van der Waals surface area contributed by atoms with Crippen LogP contribution in [0.3, 0.4) is 0 Å². The summed E-state index contributed by atoms with van der Waals surface area (Å²) in [6.07, 6.45) is 1.42. The number of nitrogens with zero attached hydrogens (tertiary/aromatic N) is 1. The lowest BCUT2D eigenvalue weighted by molar-refractivity contribution is -0.385. The fourth-order valence-corrected chi connectivity index (χ4v) is 1.59. The Morgan fingerprint density at radius 3 is 2.50 bits per heavy atom. The number of nitro benzene ring substituents is 1. The summed E-state index contributed by atoms with van der Waals surface area (Å²) < 4.78 is 30.9. The summed E-state index contributed by atoms with van der Waals surface area (Å²) >= 11 is 0. The van der Waals surface area contributed by atoms with E-state index >= 15 is 0 Å². The zero-order valence-corrected chi connectivity index (χ0v) is 11.2. The quantitative estimate of drug-likeness (QED) is 0.348. The summed E-state index contributed by atoms with van der Waals surface area (Å²) in [6.45, 7) is 4.08. The van der Waals surface area contributed by atoms with E-state index < -0.39 is 33.8 Å². The fraction of sp³-hybridized carbons (Fsp3) is 0.462. The smallest absolute Gasteiger partial charge is 0.345 e. The molecule has 0 saturated carbocycles. The SMILES string of the molecule is CC(C)CCCOC(=O)c1cc(F)c(F)cc1[N+](=O)[O-]. The van der Waals surface area contributed by atoms with Gasteiger partial charge in [0.1, 0.15) is 5.56 Å². The molecule has 0 spiro atoms. The van der Waals surface area contributed by atoms with Crippen LogP contribution < -0.4 is 0 Å². The van der Waals surface area contributed by atoms with E-state index in [2.05, 4.69) is 0 Å². The second-order valence-electron chi connectivity index (χ2n) is 4.71. The van der Waals surface area contributed by atoms with E-state index in [1.54, 1.807) is 0 Å². The molecule has 0 N–H and O–H groups in total. The Kier molecular flexibility index (Phi) is 5.54. The molecule has 0 heterocycles. The van der Waals surface area contributed by atoms with Gasteiger partial charge in [0.15, 0.2) is 11.6 Å². The highest BCUT2D eigenvalue weighted by Gasteiger charge is 2.24. The average Bonchev–Trinajstić information content (AvgIpc) is 2.36. The molecule has 0 aliphatic rings. The van der Waals surface area contributed by atoms with Crippen molar-refractivity contribution >= 4 is 11.7 Å². The van der Waals surface area contributed by atoms with E-state index in [4.69, 9.17) is 4.74 Å². The molecule has 0 aliphatic heterocycles. The Balaban J connectivity index is 2.81. The highest BCUT2D eigenvalue weighted by Crippen LogP contribution is 2.23. The number of hydrogen-bond acceptors (Lipinski definition) is 4. The van der Waals surface area contributed by atoms with Crippen molar-refractivity contribution in [2.24, 2.45) is 5.92 Å². The standard InChI is InChI=1S/C13H15F2NO4/c1-8(2)4-3-5-20-13(17)9-6-10(14)11(15)7-12(9)16(18)19/h6-8H,3-5H2,1-2H3. The van der Waals surface area contributed by atoms with Gasteiger partial charge in [0.25, 0.3) is 5.69 Å². The monoisotopic (exact) mass is 287 g/mol. The van der Waals surface area contributed by atoms with Crippen molar-refractivity contribution in [1.82, 2.24) is 0 Å². The zero-order valence-electron chi connectivity index (χ0n) is 11.2. The number of ether oxygens (including phenoxy) is 1. The van der Waals surface area contributed by atoms with E-state index in [0.29, 0.717) is 24.5 Å². The minimum Gasteiger partial charge on any atom is -0.462 e. The lowest BCUT2D eigenvalue weighted by Crippen LogP contribution is -2.11. The van der Waals surface area contributed by atoms with Gasteiger partial charge in [0.05, 0.1) is 17.6 Å². The van der Waals surface area contributed by atoms with Gasteiger partial charge < -0.3 is 4.74 Å². The summed E-state index contributed by atoms with van der Waals surface area (Å²) in [5.74, 6) is -3.30. The number of nitro groups is 1. The van der Waals surface area contributed by atoms with Crippen LogP contribution in [-0.2, 0) is 4.74 Å². The van der Waals surface area contributed by atoms with Gasteiger partial charge in [-0.15, -0.1) is 0 Å². The summed E-state index contributed by atoms with van der Waals surface area (Å²) in [5, 5.41) is 10.7. The van der Waals surface area contributed by atoms with Gasteiger partial charge in [0, 0.05) is 0 Å². The Hall–Kier alpha value is -2.05. The van der Waals surface area contributed by atoms with Crippen LogP contribution in [0.15, 0.2) is 12.1 Å². The number of halogens is 2. The normalized spacial score (nSPS) is 10.7. The molecule has 5 nitrogen and oxygen atoms in total. The van der Waals surface area contributed by atoms with Crippen molar-refractivity contribution in [1.29, 1.82) is 0 Å². The van der Waals surface area contributed by atoms with Crippen LogP contribution >= 0.6 is 0 Å². The Labute approximate surface area is 114 Å². The van der Waals surface area contributed by atoms with E-state index in [1.165, 1.54) is 0 Å². The number of benzene rings is 1. The van der Waals surface area contributed by atoms with Gasteiger partial charge in [-0.3, -0.25) is 10.1 Å². The summed E-state index contributed by atoms with van der Waals surface area (Å²) in [7, 11) is 0. The Morgan fingerprint density at radius 1 is 1.35 bits per heavy atom. The summed E-state index contributed by atoms with van der Waals surface area (Å²) in [4.78, 5) is 21.4. The van der Waals surface area contributed by atoms with Crippen molar-refractivity contribution in [2.45, 2.75) is 26.7 Å².